The highest BCUT2D eigenvalue weighted by Crippen LogP contribution is 2.29. The average Bonchev–Trinajstić information content (AvgIpc) is 3.33. The smallest absolute Gasteiger partial charge is 0.254 e. The fourth-order valence-corrected chi connectivity index (χ4v) is 3.34. The second-order valence-electron chi connectivity index (χ2n) is 6.27. The zero-order chi connectivity index (χ0) is 17.2. The Morgan fingerprint density at radius 3 is 2.92 bits per heavy atom. The van der Waals surface area contributed by atoms with E-state index in [1.54, 1.807) is 13.1 Å². The summed E-state index contributed by atoms with van der Waals surface area (Å²) in [5, 5.41) is 15.0. The third-order valence-electron chi connectivity index (χ3n) is 4.58. The number of H-pyrrole nitrogens is 1. The summed E-state index contributed by atoms with van der Waals surface area (Å²) in [6.07, 6.45) is 3.77. The number of benzene rings is 1. The minimum atomic E-state index is -0.00401. The van der Waals surface area contributed by atoms with Crippen LogP contribution in [-0.4, -0.2) is 44.3 Å². The highest BCUT2D eigenvalue weighted by atomic mass is 16.4. The molecule has 0 bridgehead atoms. The molecule has 7 nitrogen and oxygen atoms in total. The summed E-state index contributed by atoms with van der Waals surface area (Å²) in [6, 6.07) is 9.37. The van der Waals surface area contributed by atoms with Gasteiger partial charge in [-0.1, -0.05) is 12.1 Å². The van der Waals surface area contributed by atoms with Crippen LogP contribution in [0.5, 0.6) is 0 Å². The standard InChI is InChI=1S/C18H19N5O2/c1-12-20-22-17(25-12)14-6-2-3-7-15(14)18(24)23-10-4-5-13(11-23)16-8-9-19-21-16/h2-3,6-9,13H,4-5,10-11H2,1H3,(H,19,21). The first-order chi connectivity index (χ1) is 12.2. The number of aromatic amines is 1. The van der Waals surface area contributed by atoms with Crippen LogP contribution in [0.4, 0.5) is 0 Å². The lowest BCUT2D eigenvalue weighted by molar-refractivity contribution is 0.0706. The lowest BCUT2D eigenvalue weighted by Crippen LogP contribution is -2.39. The van der Waals surface area contributed by atoms with Crippen molar-refractivity contribution in [1.82, 2.24) is 25.3 Å². The van der Waals surface area contributed by atoms with E-state index in [9.17, 15) is 4.79 Å². The van der Waals surface area contributed by atoms with Crippen molar-refractivity contribution in [2.24, 2.45) is 0 Å². The molecule has 1 aliphatic rings. The maximum Gasteiger partial charge on any atom is 0.254 e. The maximum atomic E-state index is 13.1. The van der Waals surface area contributed by atoms with Crippen LogP contribution in [0.15, 0.2) is 40.9 Å². The summed E-state index contributed by atoms with van der Waals surface area (Å²) in [5.41, 5.74) is 2.35. The van der Waals surface area contributed by atoms with Crippen LogP contribution in [0.3, 0.4) is 0 Å². The second-order valence-corrected chi connectivity index (χ2v) is 6.27. The highest BCUT2D eigenvalue weighted by Gasteiger charge is 2.28. The molecule has 1 aliphatic heterocycles. The number of likely N-dealkylation sites (tertiary alicyclic amines) is 1. The fourth-order valence-electron chi connectivity index (χ4n) is 3.34. The summed E-state index contributed by atoms with van der Waals surface area (Å²) in [6.45, 7) is 3.17. The molecule has 1 saturated heterocycles. The van der Waals surface area contributed by atoms with Gasteiger partial charge in [-0.2, -0.15) is 5.10 Å². The number of carbonyl (C=O) groups excluding carboxylic acids is 1. The number of piperidine rings is 1. The molecule has 0 radical (unpaired) electrons. The zero-order valence-electron chi connectivity index (χ0n) is 14.0. The summed E-state index contributed by atoms with van der Waals surface area (Å²) >= 11 is 0. The van der Waals surface area contributed by atoms with Crippen molar-refractivity contribution in [3.63, 3.8) is 0 Å². The molecule has 25 heavy (non-hydrogen) atoms. The van der Waals surface area contributed by atoms with Crippen LogP contribution < -0.4 is 0 Å². The van der Waals surface area contributed by atoms with Crippen LogP contribution in [0, 0.1) is 6.92 Å². The van der Waals surface area contributed by atoms with Crippen molar-refractivity contribution in [3.05, 3.63) is 53.7 Å². The minimum Gasteiger partial charge on any atom is -0.421 e. The molecule has 1 unspecified atom stereocenters. The van der Waals surface area contributed by atoms with Gasteiger partial charge in [0.05, 0.1) is 11.1 Å². The normalized spacial score (nSPS) is 17.6. The van der Waals surface area contributed by atoms with E-state index in [1.807, 2.05) is 35.2 Å². The quantitative estimate of drug-likeness (QED) is 0.794. The van der Waals surface area contributed by atoms with Crippen molar-refractivity contribution in [1.29, 1.82) is 0 Å². The van der Waals surface area contributed by atoms with E-state index in [4.69, 9.17) is 4.42 Å². The molecule has 1 N–H and O–H groups in total. The van der Waals surface area contributed by atoms with Gasteiger partial charge >= 0.3 is 0 Å². The summed E-state index contributed by atoms with van der Waals surface area (Å²) in [4.78, 5) is 15.0. The molecule has 1 atom stereocenters. The van der Waals surface area contributed by atoms with Gasteiger partial charge in [0.1, 0.15) is 0 Å². The number of amides is 1. The molecular weight excluding hydrogens is 318 g/mol. The second kappa shape index (κ2) is 6.51. The van der Waals surface area contributed by atoms with Crippen LogP contribution in [0.2, 0.25) is 0 Å². The predicted octanol–water partition coefficient (Wildman–Crippen LogP) is 2.79. The molecule has 1 aromatic carbocycles. The molecule has 0 aliphatic carbocycles. The Kier molecular flexibility index (Phi) is 4.05. The van der Waals surface area contributed by atoms with E-state index >= 15 is 0 Å². The first kappa shape index (κ1) is 15.6. The van der Waals surface area contributed by atoms with Gasteiger partial charge in [-0.25, -0.2) is 0 Å². The molecule has 1 amide bonds. The molecule has 2 aromatic heterocycles. The van der Waals surface area contributed by atoms with E-state index in [-0.39, 0.29) is 11.8 Å². The number of hydrogen-bond donors (Lipinski definition) is 1. The summed E-state index contributed by atoms with van der Waals surface area (Å²) in [5.74, 6) is 1.15. The van der Waals surface area contributed by atoms with E-state index in [1.165, 1.54) is 0 Å². The molecule has 128 valence electrons. The highest BCUT2D eigenvalue weighted by molar-refractivity contribution is 6.00. The lowest BCUT2D eigenvalue weighted by Gasteiger charge is -2.32. The SMILES string of the molecule is Cc1nnc(-c2ccccc2C(=O)N2CCCC(c3ccn[nH]3)C2)o1. The van der Waals surface area contributed by atoms with Gasteiger partial charge in [0.25, 0.3) is 5.91 Å². The van der Waals surface area contributed by atoms with Gasteiger partial charge in [-0.05, 0) is 31.0 Å². The third kappa shape index (κ3) is 3.05. The average molecular weight is 337 g/mol. The molecule has 4 rings (SSSR count). The van der Waals surface area contributed by atoms with Crippen LogP contribution >= 0.6 is 0 Å². The maximum absolute atomic E-state index is 13.1. The van der Waals surface area contributed by atoms with Crippen molar-refractivity contribution in [3.8, 4) is 11.5 Å². The topological polar surface area (TPSA) is 87.9 Å². The number of rotatable bonds is 3. The van der Waals surface area contributed by atoms with E-state index in [0.29, 0.717) is 29.5 Å². The van der Waals surface area contributed by atoms with Gasteiger partial charge in [0.15, 0.2) is 0 Å². The Hall–Kier alpha value is -2.96. The van der Waals surface area contributed by atoms with Gasteiger partial charge in [0, 0.05) is 37.8 Å². The number of aryl methyl sites for hydroxylation is 1. The summed E-state index contributed by atoms with van der Waals surface area (Å²) in [7, 11) is 0. The monoisotopic (exact) mass is 337 g/mol. The minimum absolute atomic E-state index is 0.00401. The number of nitrogens with one attached hydrogen (secondary N) is 1. The summed E-state index contributed by atoms with van der Waals surface area (Å²) < 4.78 is 5.52. The Bertz CT molecular complexity index is 871. The Balaban J connectivity index is 1.61. The first-order valence-electron chi connectivity index (χ1n) is 8.40. The molecule has 3 aromatic rings. The molecule has 1 fully saturated rings. The van der Waals surface area contributed by atoms with Crippen LogP contribution in [-0.2, 0) is 0 Å². The number of carbonyl (C=O) groups is 1. The molecule has 0 spiro atoms. The predicted molar refractivity (Wildman–Crippen MR) is 90.9 cm³/mol. The first-order valence-corrected chi connectivity index (χ1v) is 8.40. The Morgan fingerprint density at radius 1 is 1.28 bits per heavy atom. The van der Waals surface area contributed by atoms with Gasteiger partial charge < -0.3 is 9.32 Å². The number of nitrogens with zero attached hydrogens (tertiary/aromatic N) is 4. The van der Waals surface area contributed by atoms with Crippen molar-refractivity contribution < 1.29 is 9.21 Å². The van der Waals surface area contributed by atoms with E-state index in [2.05, 4.69) is 20.4 Å². The Morgan fingerprint density at radius 2 is 2.16 bits per heavy atom. The van der Waals surface area contributed by atoms with Gasteiger partial charge in [0.2, 0.25) is 11.8 Å². The van der Waals surface area contributed by atoms with Crippen LogP contribution in [0.1, 0.15) is 40.7 Å². The van der Waals surface area contributed by atoms with E-state index < -0.39 is 0 Å². The molecule has 0 saturated carbocycles. The number of hydrogen-bond acceptors (Lipinski definition) is 5. The van der Waals surface area contributed by atoms with Gasteiger partial charge in [-0.3, -0.25) is 9.89 Å². The molecular formula is C18H19N5O2. The molecule has 3 heterocycles. The zero-order valence-corrected chi connectivity index (χ0v) is 14.0. The van der Waals surface area contributed by atoms with Crippen molar-refractivity contribution >= 4 is 5.91 Å². The lowest BCUT2D eigenvalue weighted by atomic mass is 9.94. The van der Waals surface area contributed by atoms with Gasteiger partial charge in [-0.15, -0.1) is 10.2 Å². The van der Waals surface area contributed by atoms with Crippen molar-refractivity contribution in [2.45, 2.75) is 25.7 Å². The van der Waals surface area contributed by atoms with E-state index in [0.717, 1.165) is 25.1 Å². The fraction of sp³-hybridized carbons (Fsp3) is 0.333. The van der Waals surface area contributed by atoms with Crippen LogP contribution in [0.25, 0.3) is 11.5 Å². The largest absolute Gasteiger partial charge is 0.421 e. The van der Waals surface area contributed by atoms with Crippen molar-refractivity contribution in [2.75, 3.05) is 13.1 Å². The number of aromatic nitrogens is 4. The molecule has 7 heteroatoms. The third-order valence-corrected chi connectivity index (χ3v) is 4.58. The Labute approximate surface area is 145 Å².